The average Bonchev–Trinajstić information content (AvgIpc) is 3.67. The summed E-state index contributed by atoms with van der Waals surface area (Å²) in [6.07, 6.45) is 0. The largest absolute Gasteiger partial charge is 0.310 e. The van der Waals surface area contributed by atoms with Gasteiger partial charge in [0.1, 0.15) is 0 Å². The molecule has 60 heavy (non-hydrogen) atoms. The van der Waals surface area contributed by atoms with Crippen molar-refractivity contribution in [2.24, 2.45) is 0 Å². The summed E-state index contributed by atoms with van der Waals surface area (Å²) in [5, 5.41) is 4.99. The van der Waals surface area contributed by atoms with Gasteiger partial charge in [-0.1, -0.05) is 182 Å². The van der Waals surface area contributed by atoms with E-state index in [2.05, 4.69) is 252 Å². The van der Waals surface area contributed by atoms with Crippen LogP contribution in [0.4, 0.5) is 17.1 Å². The first-order valence-electron chi connectivity index (χ1n) is 20.6. The molecule has 0 saturated heterocycles. The van der Waals surface area contributed by atoms with Gasteiger partial charge in [0, 0.05) is 33.3 Å². The van der Waals surface area contributed by atoms with Crippen LogP contribution in [-0.4, -0.2) is 4.57 Å². The predicted molar refractivity (Wildman–Crippen MR) is 255 cm³/mol. The van der Waals surface area contributed by atoms with Gasteiger partial charge in [0.05, 0.1) is 22.4 Å². The maximum absolute atomic E-state index is 2.42. The van der Waals surface area contributed by atoms with Gasteiger partial charge < -0.3 is 9.47 Å². The van der Waals surface area contributed by atoms with Gasteiger partial charge >= 0.3 is 0 Å². The molecule has 0 N–H and O–H groups in total. The molecule has 0 radical (unpaired) electrons. The number of rotatable bonds is 8. The zero-order valence-corrected chi connectivity index (χ0v) is 33.0. The fourth-order valence-corrected chi connectivity index (χ4v) is 8.90. The van der Waals surface area contributed by atoms with Crippen LogP contribution in [0.15, 0.2) is 243 Å². The SMILES string of the molecule is c1ccc(-c2cccc(N(c3ccc(-c4ccccc4-n4c5ccccc5c5ccccc54)cc3)c3ccc(-c4ccc5ccccc5c4)cc3-c3ccccc3)c2)cc1. The van der Waals surface area contributed by atoms with Crippen molar-refractivity contribution in [1.29, 1.82) is 0 Å². The second-order valence-corrected chi connectivity index (χ2v) is 15.3. The van der Waals surface area contributed by atoms with Crippen molar-refractivity contribution in [2.45, 2.75) is 0 Å². The molecule has 0 aliphatic rings. The van der Waals surface area contributed by atoms with E-state index in [1.807, 2.05) is 0 Å². The molecule has 11 rings (SSSR count). The number of hydrogen-bond acceptors (Lipinski definition) is 1. The van der Waals surface area contributed by atoms with Gasteiger partial charge in [0.2, 0.25) is 0 Å². The van der Waals surface area contributed by atoms with Gasteiger partial charge in [-0.05, 0) is 105 Å². The van der Waals surface area contributed by atoms with Gasteiger partial charge in [0.25, 0.3) is 0 Å². The molecule has 0 saturated carbocycles. The van der Waals surface area contributed by atoms with Crippen LogP contribution in [0.5, 0.6) is 0 Å². The summed E-state index contributed by atoms with van der Waals surface area (Å²) in [6, 6.07) is 88.0. The third-order valence-corrected chi connectivity index (χ3v) is 11.8. The Morgan fingerprint density at radius 3 is 1.57 bits per heavy atom. The summed E-state index contributed by atoms with van der Waals surface area (Å²) in [5.41, 5.74) is 16.2. The van der Waals surface area contributed by atoms with E-state index < -0.39 is 0 Å². The Hall–Kier alpha value is -7.94. The van der Waals surface area contributed by atoms with Gasteiger partial charge in [-0.2, -0.15) is 0 Å². The van der Waals surface area contributed by atoms with E-state index in [-0.39, 0.29) is 0 Å². The molecule has 2 nitrogen and oxygen atoms in total. The first kappa shape index (κ1) is 35.2. The van der Waals surface area contributed by atoms with E-state index in [1.165, 1.54) is 60.4 Å². The van der Waals surface area contributed by atoms with E-state index in [1.54, 1.807) is 0 Å². The van der Waals surface area contributed by atoms with Crippen LogP contribution in [0.1, 0.15) is 0 Å². The lowest BCUT2D eigenvalue weighted by molar-refractivity contribution is 1.18. The predicted octanol–water partition coefficient (Wildman–Crippen LogP) is 16.1. The zero-order valence-electron chi connectivity index (χ0n) is 33.0. The summed E-state index contributed by atoms with van der Waals surface area (Å²) in [4.78, 5) is 2.42. The summed E-state index contributed by atoms with van der Waals surface area (Å²) in [5.74, 6) is 0. The Morgan fingerprint density at radius 2 is 0.817 bits per heavy atom. The average molecular weight is 765 g/mol. The minimum atomic E-state index is 1.08. The van der Waals surface area contributed by atoms with Crippen molar-refractivity contribution >= 4 is 49.6 Å². The number of fused-ring (bicyclic) bond motifs is 4. The van der Waals surface area contributed by atoms with Gasteiger partial charge in [-0.15, -0.1) is 0 Å². The molecule has 0 aliphatic heterocycles. The second-order valence-electron chi connectivity index (χ2n) is 15.3. The Bertz CT molecular complexity index is 3250. The van der Waals surface area contributed by atoms with Crippen molar-refractivity contribution in [1.82, 2.24) is 4.57 Å². The van der Waals surface area contributed by atoms with Crippen LogP contribution in [-0.2, 0) is 0 Å². The second kappa shape index (κ2) is 15.1. The highest BCUT2D eigenvalue weighted by atomic mass is 15.1. The van der Waals surface area contributed by atoms with Gasteiger partial charge in [-0.25, -0.2) is 0 Å². The van der Waals surface area contributed by atoms with Crippen molar-refractivity contribution in [3.05, 3.63) is 243 Å². The molecule has 10 aromatic carbocycles. The molecule has 0 fully saturated rings. The molecule has 1 aromatic heterocycles. The zero-order chi connectivity index (χ0) is 39.8. The molecule has 0 spiro atoms. The van der Waals surface area contributed by atoms with Gasteiger partial charge in [-0.3, -0.25) is 0 Å². The van der Waals surface area contributed by atoms with Crippen molar-refractivity contribution in [3.8, 4) is 50.2 Å². The molecule has 0 atom stereocenters. The van der Waals surface area contributed by atoms with E-state index in [0.717, 1.165) is 39.4 Å². The highest BCUT2D eigenvalue weighted by Gasteiger charge is 2.20. The molecule has 0 amide bonds. The van der Waals surface area contributed by atoms with E-state index in [0.29, 0.717) is 0 Å². The maximum Gasteiger partial charge on any atom is 0.0541 e. The molecule has 1 heterocycles. The molecule has 282 valence electrons. The van der Waals surface area contributed by atoms with E-state index in [4.69, 9.17) is 0 Å². The lowest BCUT2D eigenvalue weighted by atomic mass is 9.94. The lowest BCUT2D eigenvalue weighted by Gasteiger charge is -2.29. The number of anilines is 3. The minimum absolute atomic E-state index is 1.08. The third kappa shape index (κ3) is 6.32. The molecular formula is C58H40N2. The van der Waals surface area contributed by atoms with Crippen LogP contribution >= 0.6 is 0 Å². The molecule has 2 heteroatoms. The number of para-hydroxylation sites is 3. The fourth-order valence-electron chi connectivity index (χ4n) is 8.90. The van der Waals surface area contributed by atoms with Crippen LogP contribution in [0.3, 0.4) is 0 Å². The number of nitrogens with zero attached hydrogens (tertiary/aromatic N) is 2. The highest BCUT2D eigenvalue weighted by molar-refractivity contribution is 6.09. The Morgan fingerprint density at radius 1 is 0.283 bits per heavy atom. The van der Waals surface area contributed by atoms with Crippen molar-refractivity contribution < 1.29 is 0 Å². The van der Waals surface area contributed by atoms with Crippen molar-refractivity contribution in [2.75, 3.05) is 4.90 Å². The number of aromatic nitrogens is 1. The Labute approximate surface area is 350 Å². The normalized spacial score (nSPS) is 11.3. The summed E-state index contributed by atoms with van der Waals surface area (Å²) in [7, 11) is 0. The Kier molecular flexibility index (Phi) is 8.87. The smallest absolute Gasteiger partial charge is 0.0541 e. The quantitative estimate of drug-likeness (QED) is 0.150. The minimum Gasteiger partial charge on any atom is -0.310 e. The topological polar surface area (TPSA) is 8.17 Å². The summed E-state index contributed by atoms with van der Waals surface area (Å²) >= 11 is 0. The maximum atomic E-state index is 2.42. The standard InChI is InChI=1S/C58H40N2/c1-3-16-41(17-4-1)46-22-15-23-50(39-46)59(58-37-34-48(40-54(58)43-19-5-2-6-20-43)47-31-30-42-18-7-8-21-45(42)38-47)49-35-32-44(33-36-49)51-24-9-12-27-55(51)60-56-28-13-10-25-52(56)53-26-11-14-29-57(53)60/h1-40H. The summed E-state index contributed by atoms with van der Waals surface area (Å²) in [6.45, 7) is 0. The van der Waals surface area contributed by atoms with Crippen molar-refractivity contribution in [3.63, 3.8) is 0 Å². The van der Waals surface area contributed by atoms with Gasteiger partial charge in [0.15, 0.2) is 0 Å². The number of hydrogen-bond donors (Lipinski definition) is 0. The van der Waals surface area contributed by atoms with Crippen LogP contribution in [0.2, 0.25) is 0 Å². The lowest BCUT2D eigenvalue weighted by Crippen LogP contribution is -2.11. The third-order valence-electron chi connectivity index (χ3n) is 11.8. The van der Waals surface area contributed by atoms with Crippen LogP contribution in [0, 0.1) is 0 Å². The first-order valence-corrected chi connectivity index (χ1v) is 20.6. The van der Waals surface area contributed by atoms with Crippen LogP contribution in [0.25, 0.3) is 82.8 Å². The summed E-state index contributed by atoms with van der Waals surface area (Å²) < 4.78 is 2.42. The molecule has 0 aliphatic carbocycles. The van der Waals surface area contributed by atoms with E-state index in [9.17, 15) is 0 Å². The molecular weight excluding hydrogens is 725 g/mol. The molecule has 0 unspecified atom stereocenters. The molecule has 11 aromatic rings. The monoisotopic (exact) mass is 764 g/mol. The van der Waals surface area contributed by atoms with Crippen LogP contribution < -0.4 is 4.90 Å². The Balaban J connectivity index is 1.08. The molecule has 0 bridgehead atoms. The number of benzene rings is 10. The fraction of sp³-hybridized carbons (Fsp3) is 0. The highest BCUT2D eigenvalue weighted by Crippen LogP contribution is 2.45. The van der Waals surface area contributed by atoms with E-state index >= 15 is 0 Å². The first-order chi connectivity index (χ1) is 29.8.